The number of ether oxygens (including phenoxy) is 1. The van der Waals surface area contributed by atoms with Crippen molar-refractivity contribution < 1.29 is 9.53 Å². The molecule has 1 fully saturated rings. The van der Waals surface area contributed by atoms with E-state index in [0.717, 1.165) is 36.4 Å². The van der Waals surface area contributed by atoms with E-state index in [0.29, 0.717) is 23.7 Å². The van der Waals surface area contributed by atoms with Gasteiger partial charge in [0.15, 0.2) is 0 Å². The summed E-state index contributed by atoms with van der Waals surface area (Å²) in [5.41, 5.74) is 1.04. The maximum absolute atomic E-state index is 11.9. The predicted molar refractivity (Wildman–Crippen MR) is 93.0 cm³/mol. The minimum absolute atomic E-state index is 0.223. The van der Waals surface area contributed by atoms with Crippen molar-refractivity contribution >= 4 is 33.8 Å². The summed E-state index contributed by atoms with van der Waals surface area (Å²) in [5, 5.41) is 19.0. The number of thiophene rings is 1. The minimum Gasteiger partial charge on any atom is -0.378 e. The van der Waals surface area contributed by atoms with Gasteiger partial charge in [-0.1, -0.05) is 11.3 Å². The lowest BCUT2D eigenvalue weighted by Crippen LogP contribution is -2.35. The van der Waals surface area contributed by atoms with Crippen LogP contribution in [0.2, 0.25) is 0 Å². The molecule has 2 aromatic heterocycles. The molecule has 6 nitrogen and oxygen atoms in total. The fourth-order valence-corrected chi connectivity index (χ4v) is 4.04. The zero-order chi connectivity index (χ0) is 16.1. The number of amides is 2. The van der Waals surface area contributed by atoms with Crippen molar-refractivity contribution in [3.63, 3.8) is 0 Å². The van der Waals surface area contributed by atoms with Crippen LogP contribution in [0.15, 0.2) is 16.8 Å². The largest absolute Gasteiger partial charge is 0.378 e. The average molecular weight is 352 g/mol. The number of carbonyl (C=O) groups is 1. The van der Waals surface area contributed by atoms with Gasteiger partial charge in [0.05, 0.1) is 6.10 Å². The van der Waals surface area contributed by atoms with Crippen LogP contribution in [-0.2, 0) is 4.74 Å². The van der Waals surface area contributed by atoms with Gasteiger partial charge < -0.3 is 10.1 Å². The molecule has 1 aliphatic rings. The van der Waals surface area contributed by atoms with Crippen molar-refractivity contribution in [3.05, 3.63) is 16.8 Å². The summed E-state index contributed by atoms with van der Waals surface area (Å²) in [7, 11) is 0. The second kappa shape index (κ2) is 7.85. The summed E-state index contributed by atoms with van der Waals surface area (Å²) in [4.78, 5) is 11.9. The Morgan fingerprint density at radius 2 is 2.30 bits per heavy atom. The second-order valence-corrected chi connectivity index (χ2v) is 7.27. The van der Waals surface area contributed by atoms with Crippen LogP contribution in [0.5, 0.6) is 0 Å². The first kappa shape index (κ1) is 16.4. The predicted octanol–water partition coefficient (Wildman–Crippen LogP) is 3.59. The molecule has 0 atom stereocenters. The van der Waals surface area contributed by atoms with Crippen LogP contribution in [0.1, 0.15) is 26.2 Å². The molecular weight excluding hydrogens is 332 g/mol. The summed E-state index contributed by atoms with van der Waals surface area (Å²) in [6.45, 7) is 3.48. The lowest BCUT2D eigenvalue weighted by Gasteiger charge is -2.34. The normalized spacial score (nSPS) is 20.0. The van der Waals surface area contributed by atoms with Gasteiger partial charge in [0.2, 0.25) is 5.13 Å². The molecule has 0 saturated heterocycles. The lowest BCUT2D eigenvalue weighted by atomic mass is 9.80. The first-order chi connectivity index (χ1) is 11.2. The van der Waals surface area contributed by atoms with E-state index in [1.165, 1.54) is 11.3 Å². The fourth-order valence-electron chi connectivity index (χ4n) is 2.59. The second-order valence-electron chi connectivity index (χ2n) is 5.51. The van der Waals surface area contributed by atoms with Gasteiger partial charge in [0.25, 0.3) is 0 Å². The highest BCUT2D eigenvalue weighted by Gasteiger charge is 2.28. The third kappa shape index (κ3) is 4.49. The third-order valence-corrected chi connectivity index (χ3v) is 5.42. The Bertz CT molecular complexity index is 623. The molecule has 2 heterocycles. The molecule has 0 unspecified atom stereocenters. The van der Waals surface area contributed by atoms with E-state index in [9.17, 15) is 4.79 Å². The summed E-state index contributed by atoms with van der Waals surface area (Å²) >= 11 is 2.99. The van der Waals surface area contributed by atoms with Gasteiger partial charge in [-0.15, -0.1) is 10.2 Å². The van der Waals surface area contributed by atoms with E-state index < -0.39 is 0 Å². The van der Waals surface area contributed by atoms with Crippen LogP contribution >= 0.6 is 22.7 Å². The number of nitrogens with zero attached hydrogens (tertiary/aromatic N) is 2. The van der Waals surface area contributed by atoms with Gasteiger partial charge in [-0.05, 0) is 43.6 Å². The maximum Gasteiger partial charge on any atom is 0.321 e. The highest BCUT2D eigenvalue weighted by molar-refractivity contribution is 7.19. The molecule has 124 valence electrons. The first-order valence-corrected chi connectivity index (χ1v) is 9.53. The molecule has 23 heavy (non-hydrogen) atoms. The Morgan fingerprint density at radius 1 is 1.43 bits per heavy atom. The number of rotatable bonds is 7. The van der Waals surface area contributed by atoms with Crippen molar-refractivity contribution in [1.82, 2.24) is 15.5 Å². The molecule has 0 bridgehead atoms. The molecule has 3 rings (SSSR count). The number of hydrogen-bond donors (Lipinski definition) is 2. The van der Waals surface area contributed by atoms with Gasteiger partial charge >= 0.3 is 6.03 Å². The summed E-state index contributed by atoms with van der Waals surface area (Å²) in [6, 6.07) is 1.77. The summed E-state index contributed by atoms with van der Waals surface area (Å²) in [6.07, 6.45) is 3.64. The molecule has 2 amide bonds. The van der Waals surface area contributed by atoms with Gasteiger partial charge in [-0.25, -0.2) is 4.79 Å². The minimum atomic E-state index is -0.223. The number of nitrogens with one attached hydrogen (secondary N) is 2. The first-order valence-electron chi connectivity index (χ1n) is 7.77. The van der Waals surface area contributed by atoms with Crippen LogP contribution in [0, 0.1) is 5.92 Å². The molecule has 0 radical (unpaired) electrons. The number of aromatic nitrogens is 2. The third-order valence-electron chi connectivity index (χ3n) is 3.85. The van der Waals surface area contributed by atoms with Gasteiger partial charge in [-0.3, -0.25) is 5.32 Å². The van der Waals surface area contributed by atoms with E-state index >= 15 is 0 Å². The Morgan fingerprint density at radius 3 is 3.04 bits per heavy atom. The zero-order valence-electron chi connectivity index (χ0n) is 12.9. The molecule has 1 aliphatic carbocycles. The number of anilines is 1. The van der Waals surface area contributed by atoms with Crippen molar-refractivity contribution in [1.29, 1.82) is 0 Å². The van der Waals surface area contributed by atoms with Crippen LogP contribution in [0.3, 0.4) is 0 Å². The van der Waals surface area contributed by atoms with Crippen molar-refractivity contribution in [2.45, 2.75) is 32.3 Å². The van der Waals surface area contributed by atoms with E-state index in [2.05, 4.69) is 20.8 Å². The average Bonchev–Trinajstić information content (AvgIpc) is 3.15. The Hall–Kier alpha value is -1.51. The highest BCUT2D eigenvalue weighted by Crippen LogP contribution is 2.32. The van der Waals surface area contributed by atoms with Gasteiger partial charge in [0, 0.05) is 24.1 Å². The molecule has 0 aromatic carbocycles. The fraction of sp³-hybridized carbons (Fsp3) is 0.533. The van der Waals surface area contributed by atoms with Crippen molar-refractivity contribution in [3.8, 4) is 10.6 Å². The van der Waals surface area contributed by atoms with E-state index in [-0.39, 0.29) is 6.03 Å². The molecular formula is C15H20N4O2S2. The van der Waals surface area contributed by atoms with Gasteiger partial charge in [0.1, 0.15) is 5.01 Å². The molecule has 8 heteroatoms. The van der Waals surface area contributed by atoms with E-state index in [1.54, 1.807) is 11.3 Å². The van der Waals surface area contributed by atoms with Gasteiger partial charge in [-0.2, -0.15) is 11.3 Å². The molecule has 2 aromatic rings. The number of hydrogen-bond acceptors (Lipinski definition) is 6. The number of urea groups is 1. The molecule has 0 spiro atoms. The van der Waals surface area contributed by atoms with Crippen LogP contribution in [0.25, 0.3) is 10.6 Å². The molecule has 1 saturated carbocycles. The lowest BCUT2D eigenvalue weighted by molar-refractivity contribution is -0.0261. The Balaban J connectivity index is 1.35. The van der Waals surface area contributed by atoms with Crippen molar-refractivity contribution in [2.75, 3.05) is 18.5 Å². The Labute approximate surface area is 143 Å². The van der Waals surface area contributed by atoms with E-state index in [1.807, 2.05) is 23.8 Å². The SMILES string of the molecule is CCOC1CC(CCNC(=O)Nc2nnc(-c3ccsc3)s2)C1. The topological polar surface area (TPSA) is 76.1 Å². The Kier molecular flexibility index (Phi) is 5.58. The quantitative estimate of drug-likeness (QED) is 0.798. The van der Waals surface area contributed by atoms with Crippen LogP contribution < -0.4 is 10.6 Å². The smallest absolute Gasteiger partial charge is 0.321 e. The standard InChI is InChI=1S/C15H20N4O2S2/c1-2-21-12-7-10(8-12)3-5-16-14(20)17-15-19-18-13(23-15)11-4-6-22-9-11/h4,6,9-10,12H,2-3,5,7-8H2,1H3,(H2,16,17,19,20). The van der Waals surface area contributed by atoms with Crippen LogP contribution in [0.4, 0.5) is 9.93 Å². The molecule has 0 aliphatic heterocycles. The maximum atomic E-state index is 11.9. The van der Waals surface area contributed by atoms with Crippen molar-refractivity contribution in [2.24, 2.45) is 5.92 Å². The van der Waals surface area contributed by atoms with E-state index in [4.69, 9.17) is 4.74 Å². The summed E-state index contributed by atoms with van der Waals surface area (Å²) in [5.74, 6) is 0.665. The van der Waals surface area contributed by atoms with Crippen LogP contribution in [-0.4, -0.2) is 35.5 Å². The molecule has 2 N–H and O–H groups in total. The number of carbonyl (C=O) groups excluding carboxylic acids is 1. The monoisotopic (exact) mass is 352 g/mol. The highest BCUT2D eigenvalue weighted by atomic mass is 32.1. The summed E-state index contributed by atoms with van der Waals surface area (Å²) < 4.78 is 5.53. The zero-order valence-corrected chi connectivity index (χ0v) is 14.6.